The highest BCUT2D eigenvalue weighted by molar-refractivity contribution is 5.96. The van der Waals surface area contributed by atoms with Crippen LogP contribution in [0.4, 0.5) is 5.69 Å². The predicted molar refractivity (Wildman–Crippen MR) is 127 cm³/mol. The molecule has 31 heavy (non-hydrogen) atoms. The second-order valence-electron chi connectivity index (χ2n) is 9.58. The van der Waals surface area contributed by atoms with E-state index in [-0.39, 0.29) is 11.8 Å². The molecular weight excluding hydrogens is 382 g/mol. The van der Waals surface area contributed by atoms with Gasteiger partial charge in [-0.3, -0.25) is 4.79 Å². The Hall–Kier alpha value is -2.62. The smallest absolute Gasteiger partial charge is 0.227 e. The highest BCUT2D eigenvalue weighted by Gasteiger charge is 2.35. The summed E-state index contributed by atoms with van der Waals surface area (Å²) in [6.45, 7) is 5.95. The lowest BCUT2D eigenvalue weighted by Gasteiger charge is -2.23. The Labute approximate surface area is 185 Å². The summed E-state index contributed by atoms with van der Waals surface area (Å²) in [7, 11) is 0. The summed E-state index contributed by atoms with van der Waals surface area (Å²) in [5.41, 5.74) is 5.77. The summed E-state index contributed by atoms with van der Waals surface area (Å²) in [5.74, 6) is 2.28. The zero-order chi connectivity index (χ0) is 21.4. The summed E-state index contributed by atoms with van der Waals surface area (Å²) in [6.07, 6.45) is 8.65. The van der Waals surface area contributed by atoms with E-state index >= 15 is 0 Å². The number of benzene rings is 2. The first-order chi connectivity index (χ1) is 15.1. The molecular formula is C27H33N3O. The van der Waals surface area contributed by atoms with Gasteiger partial charge in [-0.15, -0.1) is 0 Å². The second-order valence-corrected chi connectivity index (χ2v) is 9.58. The molecule has 1 amide bonds. The molecule has 162 valence electrons. The van der Waals surface area contributed by atoms with E-state index in [1.807, 2.05) is 4.90 Å². The third-order valence-corrected chi connectivity index (χ3v) is 7.46. The van der Waals surface area contributed by atoms with Crippen LogP contribution in [0.2, 0.25) is 0 Å². The molecule has 2 aromatic carbocycles. The predicted octanol–water partition coefficient (Wildman–Crippen LogP) is 6.14. The van der Waals surface area contributed by atoms with Crippen molar-refractivity contribution in [2.24, 2.45) is 5.92 Å². The van der Waals surface area contributed by atoms with Crippen molar-refractivity contribution in [3.8, 4) is 0 Å². The molecule has 0 spiro atoms. The molecule has 0 N–H and O–H groups in total. The fourth-order valence-electron chi connectivity index (χ4n) is 5.45. The largest absolute Gasteiger partial charge is 0.328 e. The van der Waals surface area contributed by atoms with Crippen LogP contribution in [0.1, 0.15) is 67.8 Å². The molecule has 2 heterocycles. The zero-order valence-corrected chi connectivity index (χ0v) is 18.8. The van der Waals surface area contributed by atoms with Gasteiger partial charge in [0.1, 0.15) is 5.82 Å². The average Bonchev–Trinajstić information content (AvgIpc) is 3.35. The number of hydrogen-bond acceptors (Lipinski definition) is 2. The standard InChI is InChI=1S/C27H33N3O/c1-19-12-13-23(16-20(19)2)30-18-22(17-26(30)31)27-28-24-10-6-7-11-25(24)29(27)15-14-21-8-4-3-5-9-21/h6-7,10-13,16,21-22H,3-5,8-9,14-15,17-18H2,1-2H3. The van der Waals surface area contributed by atoms with Crippen molar-refractivity contribution in [3.63, 3.8) is 0 Å². The molecule has 1 unspecified atom stereocenters. The number of para-hydroxylation sites is 2. The van der Waals surface area contributed by atoms with Crippen molar-refractivity contribution in [2.45, 2.75) is 71.3 Å². The van der Waals surface area contributed by atoms with Gasteiger partial charge in [-0.1, -0.05) is 50.3 Å². The van der Waals surface area contributed by atoms with Crippen LogP contribution in [-0.4, -0.2) is 22.0 Å². The highest BCUT2D eigenvalue weighted by Crippen LogP contribution is 2.35. The first-order valence-corrected chi connectivity index (χ1v) is 11.9. The van der Waals surface area contributed by atoms with Crippen LogP contribution in [0.5, 0.6) is 0 Å². The van der Waals surface area contributed by atoms with Crippen molar-refractivity contribution in [3.05, 3.63) is 59.4 Å². The molecule has 1 saturated heterocycles. The number of aromatic nitrogens is 2. The van der Waals surface area contributed by atoms with E-state index in [1.165, 1.54) is 55.2 Å². The Kier molecular flexibility index (Phi) is 5.56. The topological polar surface area (TPSA) is 38.1 Å². The Morgan fingerprint density at radius 1 is 1.00 bits per heavy atom. The normalized spacial score (nSPS) is 20.1. The molecule has 1 aromatic heterocycles. The molecule has 1 aliphatic carbocycles. The quantitative estimate of drug-likeness (QED) is 0.502. The van der Waals surface area contributed by atoms with Gasteiger partial charge in [0.05, 0.1) is 11.0 Å². The number of carbonyl (C=O) groups is 1. The van der Waals surface area contributed by atoms with Gasteiger partial charge in [-0.05, 0) is 61.6 Å². The van der Waals surface area contributed by atoms with Gasteiger partial charge in [0.2, 0.25) is 5.91 Å². The van der Waals surface area contributed by atoms with E-state index in [4.69, 9.17) is 4.98 Å². The van der Waals surface area contributed by atoms with Crippen LogP contribution >= 0.6 is 0 Å². The Morgan fingerprint density at radius 2 is 1.81 bits per heavy atom. The lowest BCUT2D eigenvalue weighted by molar-refractivity contribution is -0.117. The van der Waals surface area contributed by atoms with Crippen molar-refractivity contribution < 1.29 is 4.79 Å². The maximum atomic E-state index is 13.0. The molecule has 2 fully saturated rings. The maximum absolute atomic E-state index is 13.0. The van der Waals surface area contributed by atoms with Crippen LogP contribution in [0.15, 0.2) is 42.5 Å². The number of carbonyl (C=O) groups excluding carboxylic acids is 1. The molecule has 2 aliphatic rings. The summed E-state index contributed by atoms with van der Waals surface area (Å²) in [5, 5.41) is 0. The van der Waals surface area contributed by atoms with E-state index in [1.54, 1.807) is 0 Å². The lowest BCUT2D eigenvalue weighted by atomic mass is 9.87. The van der Waals surface area contributed by atoms with Gasteiger partial charge in [0.25, 0.3) is 0 Å². The fraction of sp³-hybridized carbons (Fsp3) is 0.481. The number of amides is 1. The molecule has 4 nitrogen and oxygen atoms in total. The van der Waals surface area contributed by atoms with Crippen LogP contribution in [0.25, 0.3) is 11.0 Å². The van der Waals surface area contributed by atoms with E-state index in [2.05, 4.69) is 60.9 Å². The second kappa shape index (κ2) is 8.49. The number of hydrogen-bond donors (Lipinski definition) is 0. The first kappa shape index (κ1) is 20.3. The number of imidazole rings is 1. The van der Waals surface area contributed by atoms with Gasteiger partial charge in [0, 0.05) is 31.1 Å². The monoisotopic (exact) mass is 415 g/mol. The van der Waals surface area contributed by atoms with Gasteiger partial charge in [0.15, 0.2) is 0 Å². The van der Waals surface area contributed by atoms with E-state index in [9.17, 15) is 4.79 Å². The van der Waals surface area contributed by atoms with Gasteiger partial charge in [-0.25, -0.2) is 4.98 Å². The molecule has 5 rings (SSSR count). The number of nitrogens with zero attached hydrogens (tertiary/aromatic N) is 3. The molecule has 1 aliphatic heterocycles. The first-order valence-electron chi connectivity index (χ1n) is 11.9. The van der Waals surface area contributed by atoms with E-state index < -0.39 is 0 Å². The Morgan fingerprint density at radius 3 is 2.61 bits per heavy atom. The Balaban J connectivity index is 1.42. The minimum absolute atomic E-state index is 0.146. The third kappa shape index (κ3) is 4.00. The van der Waals surface area contributed by atoms with Crippen molar-refractivity contribution >= 4 is 22.6 Å². The van der Waals surface area contributed by atoms with Crippen LogP contribution in [0, 0.1) is 19.8 Å². The highest BCUT2D eigenvalue weighted by atomic mass is 16.2. The maximum Gasteiger partial charge on any atom is 0.227 e. The molecule has 1 atom stereocenters. The molecule has 1 saturated carbocycles. The van der Waals surface area contributed by atoms with Crippen molar-refractivity contribution in [2.75, 3.05) is 11.4 Å². The average molecular weight is 416 g/mol. The summed E-state index contributed by atoms with van der Waals surface area (Å²) >= 11 is 0. The summed E-state index contributed by atoms with van der Waals surface area (Å²) in [6, 6.07) is 14.8. The van der Waals surface area contributed by atoms with Crippen LogP contribution in [-0.2, 0) is 11.3 Å². The minimum atomic E-state index is 0.146. The van der Waals surface area contributed by atoms with Gasteiger partial charge >= 0.3 is 0 Å². The minimum Gasteiger partial charge on any atom is -0.328 e. The molecule has 3 aromatic rings. The molecule has 0 radical (unpaired) electrons. The van der Waals surface area contributed by atoms with Crippen LogP contribution < -0.4 is 4.90 Å². The van der Waals surface area contributed by atoms with Gasteiger partial charge in [-0.2, -0.15) is 0 Å². The number of aryl methyl sites for hydroxylation is 3. The van der Waals surface area contributed by atoms with E-state index in [0.717, 1.165) is 29.5 Å². The molecule has 0 bridgehead atoms. The summed E-state index contributed by atoms with van der Waals surface area (Å²) in [4.78, 5) is 20.0. The van der Waals surface area contributed by atoms with Crippen molar-refractivity contribution in [1.82, 2.24) is 9.55 Å². The summed E-state index contributed by atoms with van der Waals surface area (Å²) < 4.78 is 2.42. The number of rotatable bonds is 5. The van der Waals surface area contributed by atoms with Crippen molar-refractivity contribution in [1.29, 1.82) is 0 Å². The third-order valence-electron chi connectivity index (χ3n) is 7.46. The van der Waals surface area contributed by atoms with E-state index in [0.29, 0.717) is 13.0 Å². The SMILES string of the molecule is Cc1ccc(N2CC(c3nc4ccccc4n3CCC3CCCCC3)CC2=O)cc1C. The van der Waals surface area contributed by atoms with Crippen LogP contribution in [0.3, 0.4) is 0 Å². The fourth-order valence-corrected chi connectivity index (χ4v) is 5.45. The van der Waals surface area contributed by atoms with Gasteiger partial charge < -0.3 is 9.47 Å². The zero-order valence-electron chi connectivity index (χ0n) is 18.8. The molecule has 4 heteroatoms. The number of fused-ring (bicyclic) bond motifs is 1. The lowest BCUT2D eigenvalue weighted by Crippen LogP contribution is -2.24. The number of anilines is 1. The Bertz CT molecular complexity index is 1090.